The molecule has 1 amide bonds. The number of fused-ring (bicyclic) bond motifs is 1. The molecular formula is C15H16N2O2S. The van der Waals surface area contributed by atoms with Gasteiger partial charge in [0.05, 0.1) is 24.4 Å². The van der Waals surface area contributed by atoms with E-state index in [0.717, 1.165) is 24.3 Å². The fourth-order valence-electron chi connectivity index (χ4n) is 2.60. The molecule has 0 radical (unpaired) electrons. The second-order valence-electron chi connectivity index (χ2n) is 4.90. The maximum absolute atomic E-state index is 12.3. The lowest BCUT2D eigenvalue weighted by Crippen LogP contribution is -2.27. The van der Waals surface area contributed by atoms with Crippen molar-refractivity contribution in [3.8, 4) is 5.75 Å². The Morgan fingerprint density at radius 2 is 2.35 bits per heavy atom. The predicted octanol–water partition coefficient (Wildman–Crippen LogP) is 2.88. The van der Waals surface area contributed by atoms with E-state index in [2.05, 4.69) is 16.4 Å². The average molecular weight is 288 g/mol. The molecule has 20 heavy (non-hydrogen) atoms. The van der Waals surface area contributed by atoms with Crippen molar-refractivity contribution in [1.82, 2.24) is 10.3 Å². The summed E-state index contributed by atoms with van der Waals surface area (Å²) in [6.45, 7) is 1.86. The molecule has 4 nitrogen and oxygen atoms in total. The van der Waals surface area contributed by atoms with Gasteiger partial charge in [-0.1, -0.05) is 6.07 Å². The van der Waals surface area contributed by atoms with Gasteiger partial charge in [-0.15, -0.1) is 11.3 Å². The van der Waals surface area contributed by atoms with Crippen LogP contribution in [-0.4, -0.2) is 18.0 Å². The predicted molar refractivity (Wildman–Crippen MR) is 78.4 cm³/mol. The highest BCUT2D eigenvalue weighted by Gasteiger charge is 2.25. The second-order valence-corrected chi connectivity index (χ2v) is 5.75. The van der Waals surface area contributed by atoms with Crippen LogP contribution in [0.25, 0.3) is 0 Å². The SMILES string of the molecule is COc1ccc2c(c1)[C@H](NC(=O)c1scnc1C)CC2. The van der Waals surface area contributed by atoms with Crippen molar-refractivity contribution in [2.45, 2.75) is 25.8 Å². The number of carbonyl (C=O) groups is 1. The number of nitrogens with zero attached hydrogens (tertiary/aromatic N) is 1. The van der Waals surface area contributed by atoms with Gasteiger partial charge in [0, 0.05) is 0 Å². The standard InChI is InChI=1S/C15H16N2O2S/c1-9-14(20-8-16-9)15(18)17-13-6-4-10-3-5-11(19-2)7-12(10)13/h3,5,7-8,13H,4,6H2,1-2H3,(H,17,18)/t13-/m1/s1. The van der Waals surface area contributed by atoms with Crippen LogP contribution in [0, 0.1) is 6.92 Å². The van der Waals surface area contributed by atoms with Crippen LogP contribution in [0.5, 0.6) is 5.75 Å². The smallest absolute Gasteiger partial charge is 0.263 e. The minimum Gasteiger partial charge on any atom is -0.497 e. The molecule has 1 atom stereocenters. The number of thiazole rings is 1. The number of nitrogens with one attached hydrogen (secondary N) is 1. The molecule has 0 aliphatic heterocycles. The van der Waals surface area contributed by atoms with Crippen molar-refractivity contribution in [3.63, 3.8) is 0 Å². The van der Waals surface area contributed by atoms with E-state index >= 15 is 0 Å². The van der Waals surface area contributed by atoms with Gasteiger partial charge in [-0.25, -0.2) is 4.98 Å². The first kappa shape index (κ1) is 13.1. The molecule has 1 aliphatic carbocycles. The summed E-state index contributed by atoms with van der Waals surface area (Å²) >= 11 is 1.38. The summed E-state index contributed by atoms with van der Waals surface area (Å²) in [6.07, 6.45) is 1.93. The zero-order chi connectivity index (χ0) is 14.1. The van der Waals surface area contributed by atoms with Gasteiger partial charge in [0.2, 0.25) is 0 Å². The number of ether oxygens (including phenoxy) is 1. The average Bonchev–Trinajstić information content (AvgIpc) is 3.05. The number of amides is 1. The molecule has 0 fully saturated rings. The van der Waals surface area contributed by atoms with Crippen LogP contribution in [0.4, 0.5) is 0 Å². The van der Waals surface area contributed by atoms with Gasteiger partial charge in [0.1, 0.15) is 10.6 Å². The van der Waals surface area contributed by atoms with E-state index in [4.69, 9.17) is 4.74 Å². The van der Waals surface area contributed by atoms with Crippen LogP contribution in [0.2, 0.25) is 0 Å². The molecule has 0 saturated carbocycles. The summed E-state index contributed by atoms with van der Waals surface area (Å²) in [7, 11) is 1.66. The number of benzene rings is 1. The monoisotopic (exact) mass is 288 g/mol. The Hall–Kier alpha value is -1.88. The fourth-order valence-corrected chi connectivity index (χ4v) is 3.31. The Kier molecular flexibility index (Phi) is 3.44. The third-order valence-corrected chi connectivity index (χ3v) is 4.62. The van der Waals surface area contributed by atoms with Gasteiger partial charge in [-0.3, -0.25) is 4.79 Å². The van der Waals surface area contributed by atoms with Crippen molar-refractivity contribution in [1.29, 1.82) is 0 Å². The van der Waals surface area contributed by atoms with Gasteiger partial charge >= 0.3 is 0 Å². The van der Waals surface area contributed by atoms with Crippen molar-refractivity contribution < 1.29 is 9.53 Å². The van der Waals surface area contributed by atoms with E-state index < -0.39 is 0 Å². The van der Waals surface area contributed by atoms with Crippen LogP contribution < -0.4 is 10.1 Å². The van der Waals surface area contributed by atoms with Crippen molar-refractivity contribution in [2.75, 3.05) is 7.11 Å². The van der Waals surface area contributed by atoms with Crippen LogP contribution in [0.1, 0.15) is 39.0 Å². The lowest BCUT2D eigenvalue weighted by atomic mass is 10.1. The Bertz CT molecular complexity index is 651. The number of aromatic nitrogens is 1. The van der Waals surface area contributed by atoms with E-state index in [1.54, 1.807) is 12.6 Å². The number of carbonyl (C=O) groups excluding carboxylic acids is 1. The number of hydrogen-bond acceptors (Lipinski definition) is 4. The first-order chi connectivity index (χ1) is 9.69. The normalized spacial score (nSPS) is 16.8. The molecule has 3 rings (SSSR count). The number of aryl methyl sites for hydroxylation is 2. The summed E-state index contributed by atoms with van der Waals surface area (Å²) in [5.41, 5.74) is 4.95. The third-order valence-electron chi connectivity index (χ3n) is 3.69. The molecule has 0 saturated heterocycles. The molecule has 1 aliphatic rings. The molecule has 1 aromatic heterocycles. The van der Waals surface area contributed by atoms with Crippen LogP contribution in [0.15, 0.2) is 23.7 Å². The molecule has 2 aromatic rings. The van der Waals surface area contributed by atoms with Gasteiger partial charge in [-0.2, -0.15) is 0 Å². The van der Waals surface area contributed by atoms with Crippen molar-refractivity contribution >= 4 is 17.2 Å². The van der Waals surface area contributed by atoms with Crippen LogP contribution >= 0.6 is 11.3 Å². The van der Waals surface area contributed by atoms with Gasteiger partial charge in [0.25, 0.3) is 5.91 Å². The maximum Gasteiger partial charge on any atom is 0.263 e. The Morgan fingerprint density at radius 3 is 3.05 bits per heavy atom. The van der Waals surface area contributed by atoms with Crippen molar-refractivity contribution in [3.05, 3.63) is 45.4 Å². The highest BCUT2D eigenvalue weighted by atomic mass is 32.1. The molecule has 104 valence electrons. The molecule has 0 bridgehead atoms. The van der Waals surface area contributed by atoms with E-state index in [1.165, 1.54) is 22.5 Å². The molecule has 0 unspecified atom stereocenters. The van der Waals surface area contributed by atoms with E-state index in [-0.39, 0.29) is 11.9 Å². The van der Waals surface area contributed by atoms with Gasteiger partial charge in [0.15, 0.2) is 0 Å². The molecule has 0 spiro atoms. The molecule has 1 heterocycles. The van der Waals surface area contributed by atoms with E-state index in [0.29, 0.717) is 4.88 Å². The summed E-state index contributed by atoms with van der Waals surface area (Å²) in [4.78, 5) is 17.1. The van der Waals surface area contributed by atoms with E-state index in [9.17, 15) is 4.79 Å². The minimum atomic E-state index is -0.0364. The molecule has 5 heteroatoms. The Labute approximate surface area is 121 Å². The fraction of sp³-hybridized carbons (Fsp3) is 0.333. The van der Waals surface area contributed by atoms with Crippen LogP contribution in [0.3, 0.4) is 0 Å². The maximum atomic E-state index is 12.3. The molecule has 1 aromatic carbocycles. The largest absolute Gasteiger partial charge is 0.497 e. The van der Waals surface area contributed by atoms with Crippen molar-refractivity contribution in [2.24, 2.45) is 0 Å². The zero-order valence-electron chi connectivity index (χ0n) is 11.5. The Morgan fingerprint density at radius 1 is 1.50 bits per heavy atom. The summed E-state index contributed by atoms with van der Waals surface area (Å²) in [5, 5.41) is 3.11. The summed E-state index contributed by atoms with van der Waals surface area (Å²) in [5.74, 6) is 0.796. The Balaban J connectivity index is 1.81. The highest BCUT2D eigenvalue weighted by Crippen LogP contribution is 2.34. The first-order valence-corrected chi connectivity index (χ1v) is 7.44. The van der Waals surface area contributed by atoms with Crippen LogP contribution in [-0.2, 0) is 6.42 Å². The minimum absolute atomic E-state index is 0.0364. The topological polar surface area (TPSA) is 51.2 Å². The van der Waals surface area contributed by atoms with E-state index in [1.807, 2.05) is 19.1 Å². The quantitative estimate of drug-likeness (QED) is 0.945. The summed E-state index contributed by atoms with van der Waals surface area (Å²) < 4.78 is 5.26. The first-order valence-electron chi connectivity index (χ1n) is 6.57. The molecular weight excluding hydrogens is 272 g/mol. The lowest BCUT2D eigenvalue weighted by molar-refractivity contribution is 0.0940. The van der Waals surface area contributed by atoms with Gasteiger partial charge < -0.3 is 10.1 Å². The lowest BCUT2D eigenvalue weighted by Gasteiger charge is -2.14. The number of methoxy groups -OCH3 is 1. The van der Waals surface area contributed by atoms with Gasteiger partial charge in [-0.05, 0) is 43.0 Å². The second kappa shape index (κ2) is 5.25. The highest BCUT2D eigenvalue weighted by molar-refractivity contribution is 7.11. The zero-order valence-corrected chi connectivity index (χ0v) is 12.3. The number of rotatable bonds is 3. The molecule has 1 N–H and O–H groups in total. The third kappa shape index (κ3) is 2.29. The number of hydrogen-bond donors (Lipinski definition) is 1. The summed E-state index contributed by atoms with van der Waals surface area (Å²) in [6, 6.07) is 6.13.